The van der Waals surface area contributed by atoms with Gasteiger partial charge in [-0.3, -0.25) is 0 Å². The van der Waals surface area contributed by atoms with E-state index < -0.39 is 0 Å². The van der Waals surface area contributed by atoms with Crippen molar-refractivity contribution in [1.82, 2.24) is 13.7 Å². The van der Waals surface area contributed by atoms with E-state index in [4.69, 9.17) is 14.2 Å². The maximum Gasteiger partial charge on any atom is 0.260 e. The van der Waals surface area contributed by atoms with Gasteiger partial charge in [-0.15, -0.1) is 0 Å². The van der Waals surface area contributed by atoms with E-state index in [1.54, 1.807) is 0 Å². The fourth-order valence-electron chi connectivity index (χ4n) is 13.1. The lowest BCUT2D eigenvalue weighted by atomic mass is 9.31. The Balaban J connectivity index is 0.952. The Bertz CT molecular complexity index is 4470. The highest BCUT2D eigenvalue weighted by atomic mass is 16.5. The lowest BCUT2D eigenvalue weighted by molar-refractivity contribution is 0.456. The minimum Gasteiger partial charge on any atom is -0.458 e. The van der Waals surface area contributed by atoms with Gasteiger partial charge in [0.1, 0.15) is 34.5 Å². The summed E-state index contributed by atoms with van der Waals surface area (Å²) in [5.74, 6) is 4.74. The van der Waals surface area contributed by atoms with E-state index in [2.05, 4.69) is 250 Å². The number of fused-ring (bicyclic) bond motifs is 15. The molecule has 0 aliphatic carbocycles. The fraction of sp³-hybridized carbons (Fsp3) is 0. The molecule has 0 saturated carbocycles. The number of rotatable bonds is 4. The maximum atomic E-state index is 7.27. The van der Waals surface area contributed by atoms with Crippen LogP contribution in [0.5, 0.6) is 34.5 Å². The van der Waals surface area contributed by atoms with Gasteiger partial charge >= 0.3 is 0 Å². The molecule has 0 atom stereocenters. The minimum atomic E-state index is -0.292. The molecule has 8 heteroatoms. The zero-order valence-electron chi connectivity index (χ0n) is 39.7. The van der Waals surface area contributed by atoms with Crippen LogP contribution < -0.4 is 47.0 Å². The van der Waals surface area contributed by atoms with Crippen LogP contribution in [0.2, 0.25) is 0 Å². The highest BCUT2D eigenvalue weighted by molar-refractivity contribution is 7.01. The van der Waals surface area contributed by atoms with Crippen molar-refractivity contribution in [1.29, 1.82) is 0 Å². The van der Waals surface area contributed by atoms with Gasteiger partial charge in [-0.05, 0) is 88.0 Å². The summed E-state index contributed by atoms with van der Waals surface area (Å²) >= 11 is 0. The Morgan fingerprint density at radius 1 is 0.243 bits per heavy atom. The van der Waals surface area contributed by atoms with Gasteiger partial charge in [-0.2, -0.15) is 0 Å². The molecule has 0 spiro atoms. The number of hydrogen-bond donors (Lipinski definition) is 0. The van der Waals surface area contributed by atoms with E-state index in [0.717, 1.165) is 112 Å². The van der Waals surface area contributed by atoms with Crippen LogP contribution in [-0.2, 0) is 0 Å². The lowest BCUT2D eigenvalue weighted by Crippen LogP contribution is -2.61. The molecule has 342 valence electrons. The van der Waals surface area contributed by atoms with Crippen molar-refractivity contribution in [3.63, 3.8) is 0 Å². The fourth-order valence-corrected chi connectivity index (χ4v) is 13.1. The third-order valence-corrected chi connectivity index (χ3v) is 16.1. The molecule has 0 amide bonds. The molecule has 11 aromatic carbocycles. The summed E-state index contributed by atoms with van der Waals surface area (Å²) in [4.78, 5) is 0. The van der Waals surface area contributed by atoms with Crippen LogP contribution in [0.1, 0.15) is 0 Å². The molecule has 0 radical (unpaired) electrons. The first kappa shape index (κ1) is 40.0. The minimum absolute atomic E-state index is 0.187. The Labute approximate surface area is 425 Å². The van der Waals surface area contributed by atoms with Gasteiger partial charge in [0.25, 0.3) is 13.4 Å². The zero-order chi connectivity index (χ0) is 48.2. The van der Waals surface area contributed by atoms with Crippen molar-refractivity contribution in [3.8, 4) is 51.6 Å². The third-order valence-electron chi connectivity index (χ3n) is 16.1. The average Bonchev–Trinajstić information content (AvgIpc) is 4.11. The van der Waals surface area contributed by atoms with E-state index in [9.17, 15) is 0 Å². The van der Waals surface area contributed by atoms with Gasteiger partial charge in [-0.25, -0.2) is 0 Å². The van der Waals surface area contributed by atoms with Gasteiger partial charge in [0.15, 0.2) is 0 Å². The molecule has 0 unspecified atom stereocenters. The highest BCUT2D eigenvalue weighted by Crippen LogP contribution is 2.42. The molecule has 14 aromatic rings. The van der Waals surface area contributed by atoms with E-state index in [0.29, 0.717) is 0 Å². The zero-order valence-corrected chi connectivity index (χ0v) is 39.7. The molecule has 0 fully saturated rings. The summed E-state index contributed by atoms with van der Waals surface area (Å²) in [7, 11) is 0. The van der Waals surface area contributed by atoms with Crippen LogP contribution in [0.25, 0.3) is 82.5 Å². The Morgan fingerprint density at radius 2 is 0.581 bits per heavy atom. The third kappa shape index (κ3) is 5.41. The predicted molar refractivity (Wildman–Crippen MR) is 305 cm³/mol. The molecule has 0 saturated heterocycles. The van der Waals surface area contributed by atoms with Crippen molar-refractivity contribution >= 4 is 112 Å². The van der Waals surface area contributed by atoms with E-state index in [1.807, 2.05) is 0 Å². The molecular formula is C66H39B2N3O3. The average molecular weight is 944 g/mol. The standard InChI is InChI=1S/C66H39B2N3O3/c1-9-26-51-41(18-1)42-19-2-10-27-52(42)69(51)40-36-63-66-64(37-40)74-62-39-61-49(38-50(62)68(66)48-25-8-16-35-60(48)73-63)67(47-24-7-15-34-59(47)72-61)65-57(70-53-28-11-3-20-43(53)44-21-4-12-29-54(44)70)32-17-33-58(65)71-55-30-13-5-22-45(55)46-23-6-14-31-56(46)71/h1-39H. The van der Waals surface area contributed by atoms with Crippen molar-refractivity contribution in [3.05, 3.63) is 237 Å². The number of ether oxygens (including phenoxy) is 3. The van der Waals surface area contributed by atoms with Gasteiger partial charge in [-0.1, -0.05) is 158 Å². The van der Waals surface area contributed by atoms with E-state index in [1.165, 1.54) is 37.8 Å². The second-order valence-electron chi connectivity index (χ2n) is 19.9. The van der Waals surface area contributed by atoms with Crippen molar-refractivity contribution in [2.75, 3.05) is 0 Å². The summed E-state index contributed by atoms with van der Waals surface area (Å²) in [6.45, 7) is -0.478. The van der Waals surface area contributed by atoms with E-state index in [-0.39, 0.29) is 13.4 Å². The molecule has 74 heavy (non-hydrogen) atoms. The molecule has 3 aliphatic heterocycles. The van der Waals surface area contributed by atoms with Crippen LogP contribution >= 0.6 is 0 Å². The second-order valence-corrected chi connectivity index (χ2v) is 19.9. The molecular weight excluding hydrogens is 904 g/mol. The predicted octanol–water partition coefficient (Wildman–Crippen LogP) is 12.3. The molecule has 0 bridgehead atoms. The molecule has 3 aliphatic rings. The highest BCUT2D eigenvalue weighted by Gasteiger charge is 2.44. The summed E-state index contributed by atoms with van der Waals surface area (Å²) in [5, 5.41) is 7.25. The van der Waals surface area contributed by atoms with Crippen LogP contribution in [0.15, 0.2) is 237 Å². The molecule has 6 nitrogen and oxygen atoms in total. The van der Waals surface area contributed by atoms with Gasteiger partial charge in [0, 0.05) is 67.4 Å². The summed E-state index contributed by atoms with van der Waals surface area (Å²) in [6, 6.07) is 85.4. The number of para-hydroxylation sites is 8. The first-order valence-corrected chi connectivity index (χ1v) is 25.4. The molecule has 6 heterocycles. The number of hydrogen-bond acceptors (Lipinski definition) is 3. The summed E-state index contributed by atoms with van der Waals surface area (Å²) < 4.78 is 28.7. The normalized spacial score (nSPS) is 13.1. The SMILES string of the molecule is c1ccc2c(c1)Oc1cc(-n3c4ccccc4c4ccccc43)cc3c1B2c1cc2c(cc1O3)Oc1ccccc1B2c1c(-n2c3ccccc3c3ccccc32)cccc1-n1c2ccccc2c2ccccc21. The summed E-state index contributed by atoms with van der Waals surface area (Å²) in [5.41, 5.74) is 16.5. The molecule has 17 rings (SSSR count). The van der Waals surface area contributed by atoms with Gasteiger partial charge in [0.2, 0.25) is 0 Å². The van der Waals surface area contributed by atoms with Crippen molar-refractivity contribution < 1.29 is 14.2 Å². The Kier molecular flexibility index (Phi) is 8.08. The monoisotopic (exact) mass is 943 g/mol. The van der Waals surface area contributed by atoms with Crippen molar-refractivity contribution in [2.24, 2.45) is 0 Å². The quantitative estimate of drug-likeness (QED) is 0.165. The smallest absolute Gasteiger partial charge is 0.260 e. The van der Waals surface area contributed by atoms with Gasteiger partial charge in [0.05, 0.1) is 38.8 Å². The van der Waals surface area contributed by atoms with Crippen LogP contribution in [0.3, 0.4) is 0 Å². The Morgan fingerprint density at radius 3 is 1.01 bits per heavy atom. The summed E-state index contributed by atoms with van der Waals surface area (Å²) in [6.07, 6.45) is 0. The van der Waals surface area contributed by atoms with Crippen LogP contribution in [0.4, 0.5) is 0 Å². The number of benzene rings is 11. The van der Waals surface area contributed by atoms with Gasteiger partial charge < -0.3 is 27.9 Å². The first-order valence-electron chi connectivity index (χ1n) is 25.4. The number of nitrogens with zero attached hydrogens (tertiary/aromatic N) is 3. The molecule has 3 aromatic heterocycles. The second kappa shape index (κ2) is 14.9. The first-order chi connectivity index (χ1) is 36.7. The topological polar surface area (TPSA) is 42.5 Å². The number of aromatic nitrogens is 3. The van der Waals surface area contributed by atoms with E-state index >= 15 is 0 Å². The van der Waals surface area contributed by atoms with Crippen molar-refractivity contribution in [2.45, 2.75) is 0 Å². The van der Waals surface area contributed by atoms with Crippen LogP contribution in [-0.4, -0.2) is 27.1 Å². The lowest BCUT2D eigenvalue weighted by Gasteiger charge is -2.36. The Hall–Kier alpha value is -9.65. The molecule has 0 N–H and O–H groups in total. The van der Waals surface area contributed by atoms with Crippen LogP contribution in [0, 0.1) is 0 Å². The largest absolute Gasteiger partial charge is 0.458 e. The maximum absolute atomic E-state index is 7.27.